The lowest BCUT2D eigenvalue weighted by Crippen LogP contribution is -2.27. The van der Waals surface area contributed by atoms with E-state index in [0.29, 0.717) is 12.2 Å². The minimum Gasteiger partial charge on any atom is -0.496 e. The van der Waals surface area contributed by atoms with Crippen LogP contribution in [0, 0.1) is 0 Å². The van der Waals surface area contributed by atoms with Crippen molar-refractivity contribution in [3.63, 3.8) is 0 Å². The summed E-state index contributed by atoms with van der Waals surface area (Å²) in [5.74, 6) is 0.325. The first-order chi connectivity index (χ1) is 10.4. The quantitative estimate of drug-likeness (QED) is 0.925. The molecule has 0 bridgehead atoms. The van der Waals surface area contributed by atoms with Crippen LogP contribution in [0.1, 0.15) is 43.0 Å². The van der Waals surface area contributed by atoms with Crippen molar-refractivity contribution in [3.8, 4) is 5.75 Å². The van der Waals surface area contributed by atoms with Gasteiger partial charge in [0.1, 0.15) is 17.1 Å². The number of nitrogens with two attached hydrogens (primary N) is 1. The van der Waals surface area contributed by atoms with Crippen LogP contribution in [0.25, 0.3) is 5.65 Å². The predicted molar refractivity (Wildman–Crippen MR) is 73.7 cm³/mol. The van der Waals surface area contributed by atoms with Crippen LogP contribution in [-0.2, 0) is 6.18 Å². The maximum absolute atomic E-state index is 13.3. The van der Waals surface area contributed by atoms with E-state index >= 15 is 0 Å². The highest BCUT2D eigenvalue weighted by Gasteiger charge is 2.39. The molecule has 0 amide bonds. The molecule has 0 spiro atoms. The molecule has 2 heterocycles. The summed E-state index contributed by atoms with van der Waals surface area (Å²) in [7, 11) is 1.21. The number of fused-ring (bicyclic) bond motifs is 1. The van der Waals surface area contributed by atoms with Gasteiger partial charge in [0, 0.05) is 18.2 Å². The number of hydrogen-bond acceptors (Lipinski definition) is 4. The van der Waals surface area contributed by atoms with Crippen LogP contribution in [-0.4, -0.2) is 27.7 Å². The van der Waals surface area contributed by atoms with Gasteiger partial charge in [0.25, 0.3) is 0 Å². The zero-order valence-electron chi connectivity index (χ0n) is 12.1. The number of ether oxygens (including phenoxy) is 1. The Morgan fingerprint density at radius 2 is 2.09 bits per heavy atom. The summed E-state index contributed by atoms with van der Waals surface area (Å²) < 4.78 is 46.1. The van der Waals surface area contributed by atoms with Crippen molar-refractivity contribution in [3.05, 3.63) is 23.7 Å². The molecule has 1 fully saturated rings. The van der Waals surface area contributed by atoms with E-state index in [9.17, 15) is 13.2 Å². The third-order valence-electron chi connectivity index (χ3n) is 4.15. The molecule has 3 rings (SSSR count). The summed E-state index contributed by atoms with van der Waals surface area (Å²) in [6.45, 7) is 0. The number of nitrogens with zero attached hydrogens (tertiary/aromatic N) is 3. The molecule has 2 N–H and O–H groups in total. The third-order valence-corrected chi connectivity index (χ3v) is 4.15. The normalized spacial score (nSPS) is 23.0. The summed E-state index contributed by atoms with van der Waals surface area (Å²) in [5.41, 5.74) is 4.85. The van der Waals surface area contributed by atoms with Gasteiger partial charge in [-0.3, -0.25) is 4.40 Å². The van der Waals surface area contributed by atoms with Gasteiger partial charge in [0.05, 0.1) is 7.11 Å². The van der Waals surface area contributed by atoms with Crippen LogP contribution in [0.5, 0.6) is 5.75 Å². The standard InChI is InChI=1S/C14H17F3N4O/c1-22-10-5-6-21-12(8-3-2-4-9(18)7-8)19-20-13(21)11(10)14(15,16)17/h5-6,8-9H,2-4,7,18H2,1H3/t8-,9+/m0/s1. The van der Waals surface area contributed by atoms with E-state index in [-0.39, 0.29) is 23.4 Å². The molecule has 22 heavy (non-hydrogen) atoms. The second kappa shape index (κ2) is 5.42. The van der Waals surface area contributed by atoms with Crippen LogP contribution in [0.3, 0.4) is 0 Å². The van der Waals surface area contributed by atoms with Gasteiger partial charge >= 0.3 is 6.18 Å². The van der Waals surface area contributed by atoms with Crippen molar-refractivity contribution >= 4 is 5.65 Å². The molecule has 8 heteroatoms. The van der Waals surface area contributed by atoms with Gasteiger partial charge in [-0.2, -0.15) is 13.2 Å². The molecule has 2 aromatic rings. The molecule has 0 saturated heterocycles. The average Bonchev–Trinajstić information content (AvgIpc) is 2.88. The fraction of sp³-hybridized carbons (Fsp3) is 0.571. The number of rotatable bonds is 2. The molecular formula is C14H17F3N4O. The lowest BCUT2D eigenvalue weighted by Gasteiger charge is -2.25. The van der Waals surface area contributed by atoms with Crippen LogP contribution in [0.15, 0.2) is 12.3 Å². The smallest absolute Gasteiger partial charge is 0.423 e. The molecule has 0 unspecified atom stereocenters. The van der Waals surface area contributed by atoms with E-state index in [4.69, 9.17) is 10.5 Å². The first kappa shape index (κ1) is 15.1. The fourth-order valence-corrected chi connectivity index (χ4v) is 3.13. The molecule has 1 aliphatic rings. The van der Waals surface area contributed by atoms with Gasteiger partial charge in [-0.25, -0.2) is 0 Å². The van der Waals surface area contributed by atoms with E-state index < -0.39 is 11.7 Å². The zero-order chi connectivity index (χ0) is 15.9. The summed E-state index contributed by atoms with van der Waals surface area (Å²) >= 11 is 0. The lowest BCUT2D eigenvalue weighted by atomic mass is 9.85. The summed E-state index contributed by atoms with van der Waals surface area (Å²) in [4.78, 5) is 0. The van der Waals surface area contributed by atoms with Crippen molar-refractivity contribution in [2.45, 2.75) is 43.8 Å². The predicted octanol–water partition coefficient (Wildman–Crippen LogP) is 2.74. The first-order valence-corrected chi connectivity index (χ1v) is 7.16. The summed E-state index contributed by atoms with van der Waals surface area (Å²) in [5, 5.41) is 7.77. The zero-order valence-corrected chi connectivity index (χ0v) is 12.1. The number of alkyl halides is 3. The molecule has 1 saturated carbocycles. The maximum atomic E-state index is 13.3. The molecule has 5 nitrogen and oxygen atoms in total. The highest BCUT2D eigenvalue weighted by atomic mass is 19.4. The van der Waals surface area contributed by atoms with Gasteiger partial charge in [-0.05, 0) is 25.3 Å². The van der Waals surface area contributed by atoms with Crippen LogP contribution >= 0.6 is 0 Å². The minimum atomic E-state index is -4.55. The number of aromatic nitrogens is 3. The molecule has 0 aliphatic heterocycles. The molecule has 0 radical (unpaired) electrons. The van der Waals surface area contributed by atoms with Crippen LogP contribution in [0.4, 0.5) is 13.2 Å². The van der Waals surface area contributed by atoms with E-state index in [1.807, 2.05) is 0 Å². The van der Waals surface area contributed by atoms with Gasteiger partial charge in [0.2, 0.25) is 0 Å². The highest BCUT2D eigenvalue weighted by Crippen LogP contribution is 2.40. The Bertz CT molecular complexity index is 683. The fourth-order valence-electron chi connectivity index (χ4n) is 3.13. The van der Waals surface area contributed by atoms with Crippen molar-refractivity contribution in [1.29, 1.82) is 0 Å². The van der Waals surface area contributed by atoms with Crippen molar-refractivity contribution < 1.29 is 17.9 Å². The Morgan fingerprint density at radius 1 is 1.32 bits per heavy atom. The van der Waals surface area contributed by atoms with Crippen LogP contribution in [0.2, 0.25) is 0 Å². The van der Waals surface area contributed by atoms with E-state index in [1.165, 1.54) is 23.8 Å². The van der Waals surface area contributed by atoms with Crippen molar-refractivity contribution in [2.24, 2.45) is 5.73 Å². The third kappa shape index (κ3) is 2.51. The Labute approximate surface area is 125 Å². The molecular weight excluding hydrogens is 297 g/mol. The number of hydrogen-bond donors (Lipinski definition) is 1. The second-order valence-electron chi connectivity index (χ2n) is 5.63. The SMILES string of the molecule is COc1ccn2c([C@H]3CCC[C@@H](N)C3)nnc2c1C(F)(F)F. The lowest BCUT2D eigenvalue weighted by molar-refractivity contribution is -0.137. The second-order valence-corrected chi connectivity index (χ2v) is 5.63. The Hall–Kier alpha value is -1.83. The van der Waals surface area contributed by atoms with Crippen molar-refractivity contribution in [2.75, 3.05) is 7.11 Å². The van der Waals surface area contributed by atoms with Gasteiger partial charge in [0.15, 0.2) is 5.65 Å². The molecule has 120 valence electrons. The van der Waals surface area contributed by atoms with Gasteiger partial charge < -0.3 is 10.5 Å². The Morgan fingerprint density at radius 3 is 2.73 bits per heavy atom. The monoisotopic (exact) mass is 314 g/mol. The van der Waals surface area contributed by atoms with E-state index in [1.54, 1.807) is 0 Å². The molecule has 0 aromatic carbocycles. The number of halogens is 3. The Balaban J connectivity index is 2.12. The minimum absolute atomic E-state index is 0.0354. The highest BCUT2D eigenvalue weighted by molar-refractivity contribution is 5.56. The summed E-state index contributed by atoms with van der Waals surface area (Å²) in [6, 6.07) is 1.36. The van der Waals surface area contributed by atoms with Crippen molar-refractivity contribution in [1.82, 2.24) is 14.6 Å². The van der Waals surface area contributed by atoms with Gasteiger partial charge in [-0.1, -0.05) is 6.42 Å². The summed E-state index contributed by atoms with van der Waals surface area (Å²) in [6.07, 6.45) is 0.438. The Kier molecular flexibility index (Phi) is 3.72. The maximum Gasteiger partial charge on any atom is 0.423 e. The molecule has 1 aliphatic carbocycles. The van der Waals surface area contributed by atoms with E-state index in [0.717, 1.165) is 19.3 Å². The van der Waals surface area contributed by atoms with Crippen LogP contribution < -0.4 is 10.5 Å². The number of methoxy groups -OCH3 is 1. The van der Waals surface area contributed by atoms with Gasteiger partial charge in [-0.15, -0.1) is 10.2 Å². The average molecular weight is 314 g/mol. The van der Waals surface area contributed by atoms with E-state index in [2.05, 4.69) is 10.2 Å². The first-order valence-electron chi connectivity index (χ1n) is 7.16. The topological polar surface area (TPSA) is 65.4 Å². The number of pyridine rings is 1. The molecule has 2 atom stereocenters. The largest absolute Gasteiger partial charge is 0.496 e. The molecule has 2 aromatic heterocycles.